The molecular weight excluding hydrogens is 412 g/mol. The Morgan fingerprint density at radius 2 is 1.65 bits per heavy atom. The van der Waals surface area contributed by atoms with Crippen LogP contribution in [0.5, 0.6) is 5.75 Å². The van der Waals surface area contributed by atoms with E-state index in [1.807, 2.05) is 12.1 Å². The fourth-order valence-corrected chi connectivity index (χ4v) is 5.82. The van der Waals surface area contributed by atoms with Crippen molar-refractivity contribution >= 4 is 21.6 Å². The molecule has 0 aliphatic heterocycles. The molecule has 3 rings (SSSR count). The van der Waals surface area contributed by atoms with Crippen molar-refractivity contribution in [2.24, 2.45) is 5.41 Å². The van der Waals surface area contributed by atoms with Gasteiger partial charge in [0.05, 0.1) is 6.42 Å². The lowest BCUT2D eigenvalue weighted by Gasteiger charge is -2.33. The highest BCUT2D eigenvalue weighted by molar-refractivity contribution is 7.87. The van der Waals surface area contributed by atoms with E-state index in [4.69, 9.17) is 4.18 Å². The number of fused-ring (bicyclic) bond motifs is 1. The van der Waals surface area contributed by atoms with Gasteiger partial charge in [0.15, 0.2) is 0 Å². The van der Waals surface area contributed by atoms with E-state index in [9.17, 15) is 18.7 Å². The van der Waals surface area contributed by atoms with Crippen LogP contribution in [0, 0.1) is 5.41 Å². The first-order valence-corrected chi connectivity index (χ1v) is 11.7. The molecule has 0 saturated carbocycles. The van der Waals surface area contributed by atoms with Crippen molar-refractivity contribution in [3.05, 3.63) is 70.8 Å². The van der Waals surface area contributed by atoms with E-state index in [-0.39, 0.29) is 34.3 Å². The van der Waals surface area contributed by atoms with E-state index in [0.717, 1.165) is 12.0 Å². The molecule has 0 N–H and O–H groups in total. The standard InChI is InChI=1S/C24H28N2O4S/c1-23(2,3)15-24(4,5)16-10-12-17(13-11-16)30-31(28,29)21-14-20(26-25)22(27)19-9-7-6-8-18(19)21/h6-13,21H,14-15H2,1-5H3. The number of carbonyl (C=O) groups is 1. The summed E-state index contributed by atoms with van der Waals surface area (Å²) in [6, 6.07) is 13.5. The van der Waals surface area contributed by atoms with Gasteiger partial charge in [-0.1, -0.05) is 71.0 Å². The highest BCUT2D eigenvalue weighted by Gasteiger charge is 2.43. The van der Waals surface area contributed by atoms with Crippen molar-refractivity contribution in [1.82, 2.24) is 0 Å². The molecular formula is C24H28N2O4S. The van der Waals surface area contributed by atoms with E-state index in [0.29, 0.717) is 5.56 Å². The second kappa shape index (κ2) is 8.06. The molecule has 1 aliphatic rings. The molecule has 2 aromatic rings. The quantitative estimate of drug-likeness (QED) is 0.367. The van der Waals surface area contributed by atoms with E-state index < -0.39 is 21.2 Å². The maximum Gasteiger partial charge on any atom is 0.341 e. The molecule has 0 bridgehead atoms. The molecule has 164 valence electrons. The minimum atomic E-state index is -4.14. The van der Waals surface area contributed by atoms with Gasteiger partial charge in [0, 0.05) is 5.56 Å². The summed E-state index contributed by atoms with van der Waals surface area (Å²) in [4.78, 5) is 15.4. The number of benzene rings is 2. The zero-order valence-corrected chi connectivity index (χ0v) is 19.4. The Morgan fingerprint density at radius 3 is 2.23 bits per heavy atom. The lowest BCUT2D eigenvalue weighted by atomic mass is 9.72. The summed E-state index contributed by atoms with van der Waals surface area (Å²) in [5.74, 6) is -0.276. The molecule has 0 aromatic heterocycles. The van der Waals surface area contributed by atoms with E-state index in [1.165, 1.54) is 6.07 Å². The Kier molecular flexibility index (Phi) is 5.96. The van der Waals surface area contributed by atoms with E-state index in [1.54, 1.807) is 30.3 Å². The number of rotatable bonds is 5. The van der Waals surface area contributed by atoms with Crippen LogP contribution in [0.4, 0.5) is 0 Å². The summed E-state index contributed by atoms with van der Waals surface area (Å²) in [6.07, 6.45) is 0.722. The summed E-state index contributed by atoms with van der Waals surface area (Å²) < 4.78 is 31.6. The van der Waals surface area contributed by atoms with Gasteiger partial charge in [0.1, 0.15) is 11.0 Å². The zero-order chi connectivity index (χ0) is 23.0. The molecule has 0 fully saturated rings. The lowest BCUT2D eigenvalue weighted by Crippen LogP contribution is -2.32. The predicted molar refractivity (Wildman–Crippen MR) is 120 cm³/mol. The Labute approximate surface area is 184 Å². The summed E-state index contributed by atoms with van der Waals surface area (Å²) in [5.41, 5.74) is 10.7. The van der Waals surface area contributed by atoms with Crippen LogP contribution >= 0.6 is 0 Å². The maximum atomic E-state index is 13.1. The van der Waals surface area contributed by atoms with Gasteiger partial charge in [0.25, 0.3) is 5.78 Å². The van der Waals surface area contributed by atoms with Crippen LogP contribution in [-0.4, -0.2) is 24.7 Å². The van der Waals surface area contributed by atoms with Gasteiger partial charge in [-0.15, -0.1) is 0 Å². The average molecular weight is 441 g/mol. The molecule has 7 heteroatoms. The minimum absolute atomic E-state index is 0.0786. The molecule has 0 spiro atoms. The van der Waals surface area contributed by atoms with Gasteiger partial charge >= 0.3 is 15.8 Å². The lowest BCUT2D eigenvalue weighted by molar-refractivity contribution is -0.00962. The first-order chi connectivity index (χ1) is 14.3. The first-order valence-electron chi connectivity index (χ1n) is 10.2. The smallest absolute Gasteiger partial charge is 0.341 e. The Hall–Kier alpha value is -2.76. The second-order valence-corrected chi connectivity index (χ2v) is 11.6. The number of ketones is 1. The second-order valence-electron chi connectivity index (χ2n) is 9.88. The van der Waals surface area contributed by atoms with E-state index >= 15 is 0 Å². The van der Waals surface area contributed by atoms with Crippen LogP contribution in [0.1, 0.15) is 74.2 Å². The van der Waals surface area contributed by atoms with Crippen LogP contribution in [0.15, 0.2) is 48.5 Å². The highest BCUT2D eigenvalue weighted by Crippen LogP contribution is 2.38. The monoisotopic (exact) mass is 440 g/mol. The van der Waals surface area contributed by atoms with Crippen LogP contribution < -0.4 is 4.18 Å². The Bertz CT molecular complexity index is 1150. The Morgan fingerprint density at radius 1 is 1.03 bits per heavy atom. The van der Waals surface area contributed by atoms with Crippen LogP contribution in [0.2, 0.25) is 0 Å². The normalized spacial score (nSPS) is 17.1. The third-order valence-electron chi connectivity index (χ3n) is 5.48. The van der Waals surface area contributed by atoms with E-state index in [2.05, 4.69) is 39.4 Å². The van der Waals surface area contributed by atoms with Crippen LogP contribution in [-0.2, 0) is 15.5 Å². The van der Waals surface area contributed by atoms with Gasteiger partial charge in [-0.05, 0) is 40.5 Å². The van der Waals surface area contributed by atoms with Crippen LogP contribution in [0.3, 0.4) is 0 Å². The van der Waals surface area contributed by atoms with Crippen molar-refractivity contribution in [3.8, 4) is 5.75 Å². The molecule has 0 amide bonds. The summed E-state index contributed by atoms with van der Waals surface area (Å²) in [5, 5.41) is -1.13. The third-order valence-corrected chi connectivity index (χ3v) is 7.03. The summed E-state index contributed by atoms with van der Waals surface area (Å²) in [6.45, 7) is 10.9. The van der Waals surface area contributed by atoms with Gasteiger partial charge in [-0.2, -0.15) is 13.2 Å². The van der Waals surface area contributed by atoms with Gasteiger partial charge in [-0.3, -0.25) is 4.79 Å². The highest BCUT2D eigenvalue weighted by atomic mass is 32.2. The predicted octanol–water partition coefficient (Wildman–Crippen LogP) is 5.11. The molecule has 0 saturated heterocycles. The number of carbonyl (C=O) groups excluding carboxylic acids is 1. The summed E-state index contributed by atoms with van der Waals surface area (Å²) in [7, 11) is -4.14. The largest absolute Gasteiger partial charge is 0.382 e. The average Bonchev–Trinajstić information content (AvgIpc) is 2.66. The maximum absolute atomic E-state index is 13.1. The van der Waals surface area contributed by atoms with Crippen LogP contribution in [0.25, 0.3) is 5.53 Å². The van der Waals surface area contributed by atoms with Gasteiger partial charge in [0.2, 0.25) is 0 Å². The van der Waals surface area contributed by atoms with Gasteiger partial charge in [-0.25, -0.2) is 0 Å². The molecule has 1 atom stereocenters. The topological polar surface area (TPSA) is 96.8 Å². The molecule has 1 unspecified atom stereocenters. The first kappa shape index (κ1) is 22.9. The molecule has 0 radical (unpaired) electrons. The molecule has 1 aliphatic carbocycles. The molecule has 2 aromatic carbocycles. The van der Waals surface area contributed by atoms with Crippen molar-refractivity contribution in [1.29, 1.82) is 0 Å². The van der Waals surface area contributed by atoms with Crippen molar-refractivity contribution < 1.29 is 22.2 Å². The number of nitrogens with zero attached hydrogens (tertiary/aromatic N) is 2. The Balaban J connectivity index is 1.88. The molecule has 6 nitrogen and oxygen atoms in total. The molecule has 31 heavy (non-hydrogen) atoms. The number of Topliss-reactive ketones (excluding diaryl/α,β-unsaturated/α-hetero) is 1. The SMILES string of the molecule is CC(C)(C)CC(C)(C)c1ccc(OS(=O)(=O)C2CC(=[N+]=[N-])C(=O)c3ccccc32)cc1. The number of hydrogen-bond donors (Lipinski definition) is 0. The minimum Gasteiger partial charge on any atom is -0.382 e. The summed E-state index contributed by atoms with van der Waals surface area (Å²) >= 11 is 0. The zero-order valence-electron chi connectivity index (χ0n) is 18.5. The van der Waals surface area contributed by atoms with Crippen molar-refractivity contribution in [3.63, 3.8) is 0 Å². The van der Waals surface area contributed by atoms with Crippen molar-refractivity contribution in [2.45, 2.75) is 58.1 Å². The van der Waals surface area contributed by atoms with Crippen molar-refractivity contribution in [2.75, 3.05) is 0 Å². The van der Waals surface area contributed by atoms with Gasteiger partial charge < -0.3 is 9.71 Å². The molecule has 0 heterocycles. The third kappa shape index (κ3) is 4.94. The number of hydrogen-bond acceptors (Lipinski definition) is 4. The fraction of sp³-hybridized carbons (Fsp3) is 0.417. The fourth-order valence-electron chi connectivity index (χ4n) is 4.44.